The van der Waals surface area contributed by atoms with Crippen LogP contribution in [0.5, 0.6) is 11.5 Å². The summed E-state index contributed by atoms with van der Waals surface area (Å²) in [5.41, 5.74) is 1.48. The molecule has 2 N–H and O–H groups in total. The number of benzene rings is 1. The number of anilines is 1. The van der Waals surface area contributed by atoms with E-state index in [2.05, 4.69) is 15.6 Å². The molecule has 1 amide bonds. The first-order chi connectivity index (χ1) is 13.2. The molecule has 0 bridgehead atoms. The van der Waals surface area contributed by atoms with Gasteiger partial charge in [-0.3, -0.25) is 4.79 Å². The lowest BCUT2D eigenvalue weighted by Crippen LogP contribution is -2.24. The molecule has 1 aliphatic rings. The smallest absolute Gasteiger partial charge is 0.253 e. The van der Waals surface area contributed by atoms with Gasteiger partial charge in [-0.2, -0.15) is 0 Å². The second-order valence-corrected chi connectivity index (χ2v) is 6.78. The normalized spacial score (nSPS) is 14.4. The van der Waals surface area contributed by atoms with E-state index in [4.69, 9.17) is 9.47 Å². The number of ether oxygens (including phenoxy) is 2. The number of nitrogens with one attached hydrogen (secondary N) is 2. The maximum Gasteiger partial charge on any atom is 0.253 e. The Labute approximate surface area is 160 Å². The Morgan fingerprint density at radius 2 is 1.85 bits per heavy atom. The lowest BCUT2D eigenvalue weighted by Gasteiger charge is -2.23. The highest BCUT2D eigenvalue weighted by Crippen LogP contribution is 2.27. The van der Waals surface area contributed by atoms with E-state index in [1.54, 1.807) is 20.4 Å². The average molecular weight is 369 g/mol. The van der Waals surface area contributed by atoms with E-state index in [0.29, 0.717) is 29.6 Å². The van der Waals surface area contributed by atoms with Crippen molar-refractivity contribution in [1.29, 1.82) is 0 Å². The number of carbonyl (C=O) groups excluding carboxylic acids is 1. The van der Waals surface area contributed by atoms with E-state index in [-0.39, 0.29) is 5.91 Å². The maximum absolute atomic E-state index is 12.4. The van der Waals surface area contributed by atoms with Crippen molar-refractivity contribution in [2.45, 2.75) is 44.7 Å². The van der Waals surface area contributed by atoms with Crippen molar-refractivity contribution in [1.82, 2.24) is 10.3 Å². The molecular weight excluding hydrogens is 342 g/mol. The van der Waals surface area contributed by atoms with Crippen LogP contribution in [0.2, 0.25) is 0 Å². The van der Waals surface area contributed by atoms with E-state index in [0.717, 1.165) is 11.4 Å². The minimum atomic E-state index is -0.151. The molecule has 6 nitrogen and oxygen atoms in total. The molecule has 2 aromatic rings. The maximum atomic E-state index is 12.4. The van der Waals surface area contributed by atoms with Gasteiger partial charge in [0.15, 0.2) is 11.5 Å². The summed E-state index contributed by atoms with van der Waals surface area (Å²) in [4.78, 5) is 16.8. The first-order valence-electron chi connectivity index (χ1n) is 9.41. The lowest BCUT2D eigenvalue weighted by atomic mass is 9.95. The third-order valence-corrected chi connectivity index (χ3v) is 4.88. The second-order valence-electron chi connectivity index (χ2n) is 6.78. The summed E-state index contributed by atoms with van der Waals surface area (Å²) in [7, 11) is 3.19. The molecule has 144 valence electrons. The Morgan fingerprint density at radius 1 is 1.07 bits per heavy atom. The Hall–Kier alpha value is -2.76. The zero-order valence-electron chi connectivity index (χ0n) is 16.0. The number of hydrogen-bond acceptors (Lipinski definition) is 5. The van der Waals surface area contributed by atoms with Gasteiger partial charge in [-0.05, 0) is 42.7 Å². The summed E-state index contributed by atoms with van der Waals surface area (Å²) in [5, 5.41) is 6.37. The van der Waals surface area contributed by atoms with Crippen LogP contribution in [-0.2, 0) is 6.54 Å². The van der Waals surface area contributed by atoms with Gasteiger partial charge in [-0.1, -0.05) is 25.3 Å². The second kappa shape index (κ2) is 9.26. The molecule has 0 radical (unpaired) electrons. The highest BCUT2D eigenvalue weighted by Gasteiger charge is 2.14. The van der Waals surface area contributed by atoms with Gasteiger partial charge in [0.25, 0.3) is 5.91 Å². The summed E-state index contributed by atoms with van der Waals surface area (Å²) in [6.07, 6.45) is 7.87. The minimum Gasteiger partial charge on any atom is -0.493 e. The molecular formula is C21H27N3O3. The lowest BCUT2D eigenvalue weighted by molar-refractivity contribution is 0.0950. The number of nitrogens with zero attached hydrogens (tertiary/aromatic N) is 1. The Morgan fingerprint density at radius 3 is 2.52 bits per heavy atom. The van der Waals surface area contributed by atoms with Crippen LogP contribution in [0.3, 0.4) is 0 Å². The van der Waals surface area contributed by atoms with Crippen LogP contribution in [0.25, 0.3) is 0 Å². The standard InChI is InChI=1S/C21H27N3O3/c1-26-18-10-8-15(12-19(18)27-2)13-23-21(25)16-9-11-20(22-14-16)24-17-6-4-3-5-7-17/h8-12,14,17H,3-7,13H2,1-2H3,(H,22,24)(H,23,25). The molecule has 0 spiro atoms. The van der Waals surface area contributed by atoms with Gasteiger partial charge in [0.2, 0.25) is 0 Å². The first kappa shape index (κ1) is 19.0. The Bertz CT molecular complexity index is 756. The van der Waals surface area contributed by atoms with Gasteiger partial charge >= 0.3 is 0 Å². The molecule has 6 heteroatoms. The highest BCUT2D eigenvalue weighted by atomic mass is 16.5. The number of methoxy groups -OCH3 is 2. The minimum absolute atomic E-state index is 0.151. The molecule has 1 heterocycles. The molecule has 1 fully saturated rings. The van der Waals surface area contributed by atoms with Crippen LogP contribution in [0.1, 0.15) is 48.0 Å². The average Bonchev–Trinajstić information content (AvgIpc) is 2.73. The van der Waals surface area contributed by atoms with E-state index in [1.807, 2.05) is 30.3 Å². The van der Waals surface area contributed by atoms with Gasteiger partial charge in [0.05, 0.1) is 19.8 Å². The van der Waals surface area contributed by atoms with Crippen LogP contribution < -0.4 is 20.1 Å². The van der Waals surface area contributed by atoms with Crippen molar-refractivity contribution in [2.24, 2.45) is 0 Å². The number of carbonyl (C=O) groups is 1. The van der Waals surface area contributed by atoms with Crippen LogP contribution in [-0.4, -0.2) is 31.2 Å². The zero-order chi connectivity index (χ0) is 19.1. The van der Waals surface area contributed by atoms with Crippen molar-refractivity contribution in [3.8, 4) is 11.5 Å². The van der Waals surface area contributed by atoms with E-state index in [9.17, 15) is 4.79 Å². The summed E-state index contributed by atoms with van der Waals surface area (Å²) in [6.45, 7) is 0.404. The predicted molar refractivity (Wildman–Crippen MR) is 105 cm³/mol. The fourth-order valence-electron chi connectivity index (χ4n) is 3.34. The van der Waals surface area contributed by atoms with Crippen LogP contribution >= 0.6 is 0 Å². The first-order valence-corrected chi connectivity index (χ1v) is 9.41. The van der Waals surface area contributed by atoms with Gasteiger partial charge in [0.1, 0.15) is 5.82 Å². The molecule has 0 unspecified atom stereocenters. The van der Waals surface area contributed by atoms with Crippen molar-refractivity contribution >= 4 is 11.7 Å². The van der Waals surface area contributed by atoms with Gasteiger partial charge in [0, 0.05) is 18.8 Å². The van der Waals surface area contributed by atoms with Crippen LogP contribution in [0.4, 0.5) is 5.82 Å². The number of rotatable bonds is 7. The third kappa shape index (κ3) is 5.12. The third-order valence-electron chi connectivity index (χ3n) is 4.88. The fraction of sp³-hybridized carbons (Fsp3) is 0.429. The van der Waals surface area contributed by atoms with Crippen molar-refractivity contribution < 1.29 is 14.3 Å². The van der Waals surface area contributed by atoms with Crippen molar-refractivity contribution in [3.05, 3.63) is 47.7 Å². The largest absolute Gasteiger partial charge is 0.493 e. The SMILES string of the molecule is COc1ccc(CNC(=O)c2ccc(NC3CCCCC3)nc2)cc1OC. The molecule has 1 aliphatic carbocycles. The number of amides is 1. The number of hydrogen-bond donors (Lipinski definition) is 2. The molecule has 1 saturated carbocycles. The van der Waals surface area contributed by atoms with Crippen LogP contribution in [0.15, 0.2) is 36.5 Å². The summed E-state index contributed by atoms with van der Waals surface area (Å²) < 4.78 is 10.5. The predicted octanol–water partition coefficient (Wildman–Crippen LogP) is 3.77. The molecule has 0 saturated heterocycles. The fourth-order valence-corrected chi connectivity index (χ4v) is 3.34. The molecule has 0 aliphatic heterocycles. The molecule has 1 aromatic carbocycles. The van der Waals surface area contributed by atoms with Crippen molar-refractivity contribution in [2.75, 3.05) is 19.5 Å². The molecule has 1 aromatic heterocycles. The molecule has 3 rings (SSSR count). The van der Waals surface area contributed by atoms with Gasteiger partial charge < -0.3 is 20.1 Å². The van der Waals surface area contributed by atoms with E-state index in [1.165, 1.54) is 32.1 Å². The highest BCUT2D eigenvalue weighted by molar-refractivity contribution is 5.94. The van der Waals surface area contributed by atoms with Gasteiger partial charge in [-0.15, -0.1) is 0 Å². The van der Waals surface area contributed by atoms with Gasteiger partial charge in [-0.25, -0.2) is 4.98 Å². The summed E-state index contributed by atoms with van der Waals surface area (Å²) >= 11 is 0. The number of aromatic nitrogens is 1. The molecule has 27 heavy (non-hydrogen) atoms. The summed E-state index contributed by atoms with van der Waals surface area (Å²) in [6, 6.07) is 9.76. The van der Waals surface area contributed by atoms with E-state index >= 15 is 0 Å². The number of pyridine rings is 1. The quantitative estimate of drug-likeness (QED) is 0.777. The Kier molecular flexibility index (Phi) is 6.52. The van der Waals surface area contributed by atoms with Crippen molar-refractivity contribution in [3.63, 3.8) is 0 Å². The van der Waals surface area contributed by atoms with Crippen LogP contribution in [0, 0.1) is 0 Å². The molecule has 0 atom stereocenters. The topological polar surface area (TPSA) is 72.5 Å². The zero-order valence-corrected chi connectivity index (χ0v) is 16.0. The Balaban J connectivity index is 1.54. The monoisotopic (exact) mass is 369 g/mol. The van der Waals surface area contributed by atoms with E-state index < -0.39 is 0 Å². The summed E-state index contributed by atoms with van der Waals surface area (Å²) in [5.74, 6) is 1.99.